The van der Waals surface area contributed by atoms with E-state index in [0.717, 1.165) is 13.2 Å². The summed E-state index contributed by atoms with van der Waals surface area (Å²) in [6.07, 6.45) is 1.21. The molecule has 0 aromatic rings. The minimum absolute atomic E-state index is 0. The van der Waals surface area contributed by atoms with E-state index in [9.17, 15) is 0 Å². The molecule has 0 unspecified atom stereocenters. The first-order chi connectivity index (χ1) is 4.85. The van der Waals surface area contributed by atoms with Gasteiger partial charge in [0.2, 0.25) is 0 Å². The van der Waals surface area contributed by atoms with Crippen molar-refractivity contribution in [2.75, 3.05) is 13.2 Å². The van der Waals surface area contributed by atoms with Gasteiger partial charge in [0.15, 0.2) is 0 Å². The minimum atomic E-state index is -1.86. The van der Waals surface area contributed by atoms with Gasteiger partial charge in [-0.2, -0.15) is 0 Å². The molecule has 0 aromatic carbocycles. The van der Waals surface area contributed by atoms with Gasteiger partial charge in [-0.1, -0.05) is 0 Å². The van der Waals surface area contributed by atoms with Crippen molar-refractivity contribution in [3.05, 3.63) is 0 Å². The van der Waals surface area contributed by atoms with Crippen LogP contribution in [0, 0.1) is 0 Å². The van der Waals surface area contributed by atoms with Crippen LogP contribution >= 0.6 is 17.0 Å². The van der Waals surface area contributed by atoms with Crippen LogP contribution in [0.15, 0.2) is 0 Å². The molecular formula is C7H18BrO2Zn. The van der Waals surface area contributed by atoms with E-state index in [2.05, 4.69) is 6.92 Å². The van der Waals surface area contributed by atoms with Gasteiger partial charge in [-0.3, -0.25) is 0 Å². The van der Waals surface area contributed by atoms with Gasteiger partial charge in [-0.15, -0.1) is 17.0 Å². The van der Waals surface area contributed by atoms with E-state index < -0.39 is 16.7 Å². The summed E-state index contributed by atoms with van der Waals surface area (Å²) >= 11 is -1.86. The second-order valence-corrected chi connectivity index (χ2v) is 7.77. The van der Waals surface area contributed by atoms with Crippen LogP contribution in [0.4, 0.5) is 0 Å². The van der Waals surface area contributed by atoms with Gasteiger partial charge in [-0.25, -0.2) is 0 Å². The Morgan fingerprint density at radius 1 is 1.00 bits per heavy atom. The average Bonchev–Trinajstić information content (AvgIpc) is 1.90. The van der Waals surface area contributed by atoms with Crippen molar-refractivity contribution < 1.29 is 23.8 Å². The van der Waals surface area contributed by atoms with E-state index in [1.165, 1.54) is 11.4 Å². The van der Waals surface area contributed by atoms with Gasteiger partial charge < -0.3 is 0 Å². The van der Waals surface area contributed by atoms with Crippen LogP contribution < -0.4 is 0 Å². The molecule has 4 heteroatoms. The third-order valence-electron chi connectivity index (χ3n) is 1.51. The molecule has 0 rings (SSSR count). The SMILES string of the molecule is Br.CC[CH2][Zn]([O]CC)[O]CC. The monoisotopic (exact) mass is 277 g/mol. The average molecular weight is 280 g/mol. The maximum atomic E-state index is 5.51. The van der Waals surface area contributed by atoms with E-state index >= 15 is 0 Å². The molecule has 0 radical (unpaired) electrons. The van der Waals surface area contributed by atoms with Crippen LogP contribution in [-0.2, 0) is 23.8 Å². The zero-order valence-corrected chi connectivity index (χ0v) is 12.4. The molecule has 0 aliphatic rings. The summed E-state index contributed by atoms with van der Waals surface area (Å²) in [7, 11) is 0. The first kappa shape index (κ1) is 14.5. The molecule has 0 aliphatic heterocycles. The van der Waals surface area contributed by atoms with E-state index in [1.54, 1.807) is 0 Å². The Labute approximate surface area is 86.1 Å². The number of hydrogen-bond acceptors (Lipinski definition) is 2. The van der Waals surface area contributed by atoms with Crippen molar-refractivity contribution in [2.45, 2.75) is 32.2 Å². The molecule has 0 aliphatic carbocycles. The van der Waals surface area contributed by atoms with Crippen LogP contribution in [0.2, 0.25) is 5.02 Å². The van der Waals surface area contributed by atoms with Gasteiger partial charge >= 0.3 is 69.2 Å². The van der Waals surface area contributed by atoms with Crippen molar-refractivity contribution in [3.8, 4) is 0 Å². The van der Waals surface area contributed by atoms with Gasteiger partial charge in [0.05, 0.1) is 0 Å². The molecule has 2 nitrogen and oxygen atoms in total. The summed E-state index contributed by atoms with van der Waals surface area (Å²) in [6.45, 7) is 7.93. The summed E-state index contributed by atoms with van der Waals surface area (Å²) in [4.78, 5) is 0. The molecule has 0 aromatic heterocycles. The molecular weight excluding hydrogens is 261 g/mol. The van der Waals surface area contributed by atoms with Crippen LogP contribution in [0.25, 0.3) is 0 Å². The molecule has 0 spiro atoms. The van der Waals surface area contributed by atoms with Crippen molar-refractivity contribution in [2.24, 2.45) is 0 Å². The van der Waals surface area contributed by atoms with Gasteiger partial charge in [0, 0.05) is 0 Å². The molecule has 67 valence electrons. The molecule has 11 heavy (non-hydrogen) atoms. The van der Waals surface area contributed by atoms with Crippen LogP contribution in [0.3, 0.4) is 0 Å². The maximum absolute atomic E-state index is 5.51. The fraction of sp³-hybridized carbons (Fsp3) is 1.00. The Morgan fingerprint density at radius 3 is 1.73 bits per heavy atom. The number of rotatable bonds is 6. The van der Waals surface area contributed by atoms with Crippen molar-refractivity contribution in [1.82, 2.24) is 0 Å². The summed E-state index contributed by atoms with van der Waals surface area (Å²) in [6, 6.07) is 0. The summed E-state index contributed by atoms with van der Waals surface area (Å²) in [5.41, 5.74) is 0. The first-order valence-corrected chi connectivity index (χ1v) is 8.80. The first-order valence-electron chi connectivity index (χ1n) is 4.28. The molecule has 0 N–H and O–H groups in total. The molecule has 0 atom stereocenters. The second kappa shape index (κ2) is 11.0. The van der Waals surface area contributed by atoms with E-state index in [-0.39, 0.29) is 17.0 Å². The molecule has 0 heterocycles. The molecule has 0 bridgehead atoms. The Hall–Kier alpha value is 1.02. The fourth-order valence-corrected chi connectivity index (χ4v) is 5.23. The molecule has 0 amide bonds. The van der Waals surface area contributed by atoms with E-state index in [1.807, 2.05) is 13.8 Å². The standard InChI is InChI=1S/C3H7.2C2H5O.BrH.Zn/c1-3-2;2*1-2-3;;/h1,3H2,2H3;2*2H2,1H3;1H;/q;2*-1;;+2. The summed E-state index contributed by atoms with van der Waals surface area (Å²) in [5.74, 6) is 0. The van der Waals surface area contributed by atoms with Crippen LogP contribution in [-0.4, -0.2) is 13.2 Å². The Balaban J connectivity index is 0. The summed E-state index contributed by atoms with van der Waals surface area (Å²) in [5, 5.41) is 1.21. The second-order valence-electron chi connectivity index (χ2n) is 2.37. The van der Waals surface area contributed by atoms with Crippen molar-refractivity contribution in [1.29, 1.82) is 0 Å². The number of halogens is 1. The Morgan fingerprint density at radius 2 is 1.45 bits per heavy atom. The molecule has 0 fully saturated rings. The van der Waals surface area contributed by atoms with Crippen LogP contribution in [0.1, 0.15) is 27.2 Å². The number of hydrogen-bond donors (Lipinski definition) is 0. The molecule has 0 saturated carbocycles. The van der Waals surface area contributed by atoms with E-state index in [4.69, 9.17) is 7.13 Å². The fourth-order valence-electron chi connectivity index (χ4n) is 1.01. The Bertz CT molecular complexity index is 59.2. The zero-order chi connectivity index (χ0) is 7.82. The third kappa shape index (κ3) is 8.93. The topological polar surface area (TPSA) is 18.5 Å². The van der Waals surface area contributed by atoms with Crippen molar-refractivity contribution in [3.63, 3.8) is 0 Å². The molecule has 0 saturated heterocycles. The van der Waals surface area contributed by atoms with Crippen LogP contribution in [0.5, 0.6) is 0 Å². The third-order valence-corrected chi connectivity index (χ3v) is 7.82. The predicted molar refractivity (Wildman–Crippen MR) is 48.7 cm³/mol. The van der Waals surface area contributed by atoms with Gasteiger partial charge in [-0.05, 0) is 0 Å². The Kier molecular flexibility index (Phi) is 14.6. The van der Waals surface area contributed by atoms with E-state index in [0.29, 0.717) is 0 Å². The zero-order valence-electron chi connectivity index (χ0n) is 7.76. The quantitative estimate of drug-likeness (QED) is 0.696. The van der Waals surface area contributed by atoms with Gasteiger partial charge in [0.25, 0.3) is 0 Å². The van der Waals surface area contributed by atoms with Gasteiger partial charge in [0.1, 0.15) is 0 Å². The predicted octanol–water partition coefficient (Wildman–Crippen LogP) is 2.91. The normalized spacial score (nSPS) is 9.00. The summed E-state index contributed by atoms with van der Waals surface area (Å²) < 4.78 is 11.0. The van der Waals surface area contributed by atoms with Crippen molar-refractivity contribution >= 4 is 17.0 Å².